The number of aromatic nitrogens is 1. The van der Waals surface area contributed by atoms with Crippen LogP contribution in [0.3, 0.4) is 0 Å². The second kappa shape index (κ2) is 7.77. The summed E-state index contributed by atoms with van der Waals surface area (Å²) in [5.41, 5.74) is 1.20. The van der Waals surface area contributed by atoms with Crippen molar-refractivity contribution in [1.82, 2.24) is 15.2 Å². The molecule has 2 aliphatic carbocycles. The van der Waals surface area contributed by atoms with Crippen LogP contribution in [-0.2, 0) is 16.0 Å². The van der Waals surface area contributed by atoms with Crippen molar-refractivity contribution < 1.29 is 9.59 Å². The molecular weight excluding hydrogens is 302 g/mol. The van der Waals surface area contributed by atoms with Gasteiger partial charge in [0.25, 0.3) is 0 Å². The molecule has 5 nitrogen and oxygen atoms in total. The third-order valence-electron chi connectivity index (χ3n) is 5.23. The van der Waals surface area contributed by atoms with Gasteiger partial charge in [0.2, 0.25) is 11.8 Å². The zero-order valence-corrected chi connectivity index (χ0v) is 14.4. The highest BCUT2D eigenvalue weighted by Gasteiger charge is 2.33. The van der Waals surface area contributed by atoms with E-state index in [1.165, 1.54) is 5.56 Å². The van der Waals surface area contributed by atoms with Crippen LogP contribution in [0.25, 0.3) is 0 Å². The highest BCUT2D eigenvalue weighted by molar-refractivity contribution is 5.81. The van der Waals surface area contributed by atoms with E-state index in [0.717, 1.165) is 51.5 Å². The van der Waals surface area contributed by atoms with Crippen molar-refractivity contribution in [2.45, 2.75) is 51.0 Å². The Balaban J connectivity index is 1.41. The summed E-state index contributed by atoms with van der Waals surface area (Å²) in [6.07, 6.45) is 10.0. The summed E-state index contributed by atoms with van der Waals surface area (Å²) < 4.78 is 0. The van der Waals surface area contributed by atoms with E-state index in [0.29, 0.717) is 6.04 Å². The number of likely N-dealkylation sites (N-methyl/N-ethyl adjacent to an activating group) is 1. The SMILES string of the molecule is CN(CCc1ccncc1)C(=O)C1CCC(C(=O)NC2CC2)CC1. The molecule has 0 unspecified atom stereocenters. The summed E-state index contributed by atoms with van der Waals surface area (Å²) in [5.74, 6) is 0.619. The van der Waals surface area contributed by atoms with Gasteiger partial charge < -0.3 is 10.2 Å². The number of carbonyl (C=O) groups is 2. The van der Waals surface area contributed by atoms with Crippen molar-refractivity contribution in [1.29, 1.82) is 0 Å². The van der Waals surface area contributed by atoms with Crippen molar-refractivity contribution >= 4 is 11.8 Å². The highest BCUT2D eigenvalue weighted by Crippen LogP contribution is 2.31. The van der Waals surface area contributed by atoms with Gasteiger partial charge in [-0.1, -0.05) is 0 Å². The van der Waals surface area contributed by atoms with Crippen LogP contribution < -0.4 is 5.32 Å². The van der Waals surface area contributed by atoms with E-state index in [1.807, 2.05) is 24.1 Å². The molecule has 2 amide bonds. The average molecular weight is 329 g/mol. The standard InChI is InChI=1S/C19H27N3O2/c1-22(13-10-14-8-11-20-12-9-14)19(24)16-4-2-15(3-5-16)18(23)21-17-6-7-17/h8-9,11-12,15-17H,2-7,10,13H2,1H3,(H,21,23). The highest BCUT2D eigenvalue weighted by atomic mass is 16.2. The number of nitrogens with zero attached hydrogens (tertiary/aromatic N) is 2. The minimum atomic E-state index is 0.0809. The van der Waals surface area contributed by atoms with Gasteiger partial charge >= 0.3 is 0 Å². The zero-order chi connectivity index (χ0) is 16.9. The van der Waals surface area contributed by atoms with Crippen molar-refractivity contribution in [3.05, 3.63) is 30.1 Å². The van der Waals surface area contributed by atoms with Crippen LogP contribution in [0.5, 0.6) is 0 Å². The molecule has 2 aliphatic rings. The number of hydrogen-bond donors (Lipinski definition) is 1. The van der Waals surface area contributed by atoms with Gasteiger partial charge in [0.15, 0.2) is 0 Å². The van der Waals surface area contributed by atoms with Gasteiger partial charge in [0.1, 0.15) is 0 Å². The molecule has 0 aromatic carbocycles. The maximum Gasteiger partial charge on any atom is 0.225 e. The van der Waals surface area contributed by atoms with Crippen LogP contribution in [0, 0.1) is 11.8 Å². The first-order valence-corrected chi connectivity index (χ1v) is 9.07. The van der Waals surface area contributed by atoms with Gasteiger partial charge in [-0.3, -0.25) is 14.6 Å². The van der Waals surface area contributed by atoms with E-state index in [2.05, 4.69) is 10.3 Å². The predicted molar refractivity (Wildman–Crippen MR) is 92.2 cm³/mol. The van der Waals surface area contributed by atoms with Gasteiger partial charge in [-0.15, -0.1) is 0 Å². The number of carbonyl (C=O) groups excluding carboxylic acids is 2. The molecule has 0 bridgehead atoms. The summed E-state index contributed by atoms with van der Waals surface area (Å²) in [6, 6.07) is 4.40. The average Bonchev–Trinajstić information content (AvgIpc) is 3.44. The topological polar surface area (TPSA) is 62.3 Å². The minimum absolute atomic E-state index is 0.0809. The van der Waals surface area contributed by atoms with Crippen LogP contribution in [-0.4, -0.2) is 41.3 Å². The molecule has 0 saturated heterocycles. The lowest BCUT2D eigenvalue weighted by Gasteiger charge is -2.30. The number of rotatable bonds is 6. The monoisotopic (exact) mass is 329 g/mol. The lowest BCUT2D eigenvalue weighted by Crippen LogP contribution is -2.39. The van der Waals surface area contributed by atoms with E-state index < -0.39 is 0 Å². The minimum Gasteiger partial charge on any atom is -0.353 e. The van der Waals surface area contributed by atoms with Gasteiger partial charge in [0, 0.05) is 43.9 Å². The second-order valence-corrected chi connectivity index (χ2v) is 7.20. The van der Waals surface area contributed by atoms with Gasteiger partial charge in [-0.05, 0) is 62.6 Å². The molecule has 0 atom stereocenters. The van der Waals surface area contributed by atoms with Crippen molar-refractivity contribution in [2.24, 2.45) is 11.8 Å². The maximum atomic E-state index is 12.6. The molecule has 2 saturated carbocycles. The molecule has 1 heterocycles. The molecule has 130 valence electrons. The molecule has 3 rings (SSSR count). The second-order valence-electron chi connectivity index (χ2n) is 7.20. The molecule has 0 aliphatic heterocycles. The maximum absolute atomic E-state index is 12.6. The van der Waals surface area contributed by atoms with Crippen LogP contribution >= 0.6 is 0 Å². The van der Waals surface area contributed by atoms with E-state index in [1.54, 1.807) is 12.4 Å². The molecular formula is C19H27N3O2. The van der Waals surface area contributed by atoms with E-state index in [9.17, 15) is 9.59 Å². The molecule has 24 heavy (non-hydrogen) atoms. The Bertz CT molecular complexity index is 563. The fourth-order valence-electron chi connectivity index (χ4n) is 3.42. The van der Waals surface area contributed by atoms with Crippen LogP contribution in [0.4, 0.5) is 0 Å². The number of pyridine rings is 1. The Kier molecular flexibility index (Phi) is 5.48. The third-order valence-corrected chi connectivity index (χ3v) is 5.23. The van der Waals surface area contributed by atoms with E-state index >= 15 is 0 Å². The number of amides is 2. The summed E-state index contributed by atoms with van der Waals surface area (Å²) in [5, 5.41) is 3.09. The number of nitrogens with one attached hydrogen (secondary N) is 1. The molecule has 5 heteroatoms. The first-order chi connectivity index (χ1) is 11.6. The quantitative estimate of drug-likeness (QED) is 0.870. The first kappa shape index (κ1) is 16.9. The fraction of sp³-hybridized carbons (Fsp3) is 0.632. The van der Waals surface area contributed by atoms with E-state index in [-0.39, 0.29) is 23.7 Å². The Morgan fingerprint density at radius 1 is 1.08 bits per heavy atom. The Morgan fingerprint density at radius 3 is 2.33 bits per heavy atom. The van der Waals surface area contributed by atoms with Crippen molar-refractivity contribution in [2.75, 3.05) is 13.6 Å². The Labute approximate surface area is 143 Å². The van der Waals surface area contributed by atoms with E-state index in [4.69, 9.17) is 0 Å². The first-order valence-electron chi connectivity index (χ1n) is 9.07. The summed E-state index contributed by atoms with van der Waals surface area (Å²) in [6.45, 7) is 0.727. The van der Waals surface area contributed by atoms with Crippen LogP contribution in [0.2, 0.25) is 0 Å². The Morgan fingerprint density at radius 2 is 1.71 bits per heavy atom. The molecule has 1 aromatic heterocycles. The fourth-order valence-corrected chi connectivity index (χ4v) is 3.42. The lowest BCUT2D eigenvalue weighted by molar-refractivity contribution is -0.137. The summed E-state index contributed by atoms with van der Waals surface area (Å²) >= 11 is 0. The van der Waals surface area contributed by atoms with Gasteiger partial charge in [-0.2, -0.15) is 0 Å². The van der Waals surface area contributed by atoms with Crippen LogP contribution in [0.1, 0.15) is 44.1 Å². The Hall–Kier alpha value is -1.91. The van der Waals surface area contributed by atoms with Crippen LogP contribution in [0.15, 0.2) is 24.5 Å². The smallest absolute Gasteiger partial charge is 0.225 e. The molecule has 2 fully saturated rings. The number of hydrogen-bond acceptors (Lipinski definition) is 3. The third kappa shape index (κ3) is 4.56. The van der Waals surface area contributed by atoms with Crippen molar-refractivity contribution in [3.63, 3.8) is 0 Å². The predicted octanol–water partition coefficient (Wildman–Crippen LogP) is 2.17. The molecule has 1 aromatic rings. The normalized spacial score (nSPS) is 23.5. The zero-order valence-electron chi connectivity index (χ0n) is 14.4. The summed E-state index contributed by atoms with van der Waals surface area (Å²) in [4.78, 5) is 30.6. The molecule has 0 spiro atoms. The largest absolute Gasteiger partial charge is 0.353 e. The molecule has 1 N–H and O–H groups in total. The van der Waals surface area contributed by atoms with Gasteiger partial charge in [0.05, 0.1) is 0 Å². The summed E-state index contributed by atoms with van der Waals surface area (Å²) in [7, 11) is 1.88. The lowest BCUT2D eigenvalue weighted by atomic mass is 9.81. The molecule has 0 radical (unpaired) electrons. The van der Waals surface area contributed by atoms with Crippen molar-refractivity contribution in [3.8, 4) is 0 Å². The van der Waals surface area contributed by atoms with Gasteiger partial charge in [-0.25, -0.2) is 0 Å².